The Hall–Kier alpha value is -1.20. The molecule has 4 aromatic rings. The smallest absolute Gasteiger partial charge is 0.0529 e. The van der Waals surface area contributed by atoms with E-state index in [9.17, 15) is 0 Å². The average molecular weight is 333 g/mol. The van der Waals surface area contributed by atoms with Gasteiger partial charge in [0, 0.05) is 15.3 Å². The van der Waals surface area contributed by atoms with Crippen LogP contribution in [0.3, 0.4) is 0 Å². The summed E-state index contributed by atoms with van der Waals surface area (Å²) in [6.45, 7) is 0. The van der Waals surface area contributed by atoms with Gasteiger partial charge in [0.05, 0.1) is 4.88 Å². The molecule has 0 nitrogen and oxygen atoms in total. The molecule has 0 atom stereocenters. The molecule has 0 aliphatic rings. The van der Waals surface area contributed by atoms with Gasteiger partial charge in [0.2, 0.25) is 0 Å². The first kappa shape index (κ1) is 13.8. The molecule has 0 N–H and O–H groups in total. The lowest BCUT2D eigenvalue weighted by molar-refractivity contribution is 1.86. The molecule has 0 radical (unpaired) electrons. The third-order valence-electron chi connectivity index (χ3n) is 2.62. The molecule has 0 spiro atoms. The van der Waals surface area contributed by atoms with Gasteiger partial charge in [0.15, 0.2) is 0 Å². The van der Waals surface area contributed by atoms with Crippen molar-refractivity contribution in [2.24, 2.45) is 0 Å². The topological polar surface area (TPSA) is 0 Å². The largest absolute Gasteiger partial charge is 0.152 e. The molecule has 4 heterocycles. The van der Waals surface area contributed by atoms with Crippen molar-refractivity contribution in [1.82, 2.24) is 0 Å². The lowest BCUT2D eigenvalue weighted by atomic mass is 10.2. The molecule has 0 amide bonds. The zero-order chi connectivity index (χ0) is 13.6. The molecular weight excluding hydrogens is 320 g/mol. The Morgan fingerprint density at radius 3 is 1.80 bits per heavy atom. The van der Waals surface area contributed by atoms with Crippen molar-refractivity contribution < 1.29 is 0 Å². The minimum absolute atomic E-state index is 1.36. The van der Waals surface area contributed by atoms with Crippen LogP contribution in [-0.4, -0.2) is 0 Å². The van der Waals surface area contributed by atoms with Gasteiger partial charge in [-0.05, 0) is 45.1 Å². The van der Waals surface area contributed by atoms with E-state index in [0.717, 1.165) is 0 Å². The van der Waals surface area contributed by atoms with Crippen LogP contribution in [0.4, 0.5) is 0 Å². The molecule has 0 aliphatic carbocycles. The standard InChI is InChI=1S/C12H8S3.C4H4S/c1-3-10(13-6-1)9-5-8-15-12(9)11-4-2-7-14-11;1-2-4-5-3-1/h1-8H;1-4H. The highest BCUT2D eigenvalue weighted by molar-refractivity contribution is 7.21. The van der Waals surface area contributed by atoms with Gasteiger partial charge in [-0.1, -0.05) is 24.3 Å². The Bertz CT molecular complexity index is 635. The van der Waals surface area contributed by atoms with E-state index in [0.29, 0.717) is 0 Å². The fourth-order valence-electron chi connectivity index (χ4n) is 1.76. The summed E-state index contributed by atoms with van der Waals surface area (Å²) < 4.78 is 0. The van der Waals surface area contributed by atoms with Gasteiger partial charge >= 0.3 is 0 Å². The number of thiophene rings is 4. The van der Waals surface area contributed by atoms with Crippen LogP contribution in [-0.2, 0) is 0 Å². The van der Waals surface area contributed by atoms with Crippen LogP contribution in [0.15, 0.2) is 69.4 Å². The lowest BCUT2D eigenvalue weighted by Gasteiger charge is -1.97. The highest BCUT2D eigenvalue weighted by Gasteiger charge is 2.09. The van der Waals surface area contributed by atoms with Crippen molar-refractivity contribution >= 4 is 45.3 Å². The normalized spacial score (nSPS) is 10.0. The Balaban J connectivity index is 0.000000205. The van der Waals surface area contributed by atoms with Crippen molar-refractivity contribution in [2.45, 2.75) is 0 Å². The molecule has 0 bridgehead atoms. The van der Waals surface area contributed by atoms with Crippen LogP contribution in [0.1, 0.15) is 0 Å². The maximum Gasteiger partial charge on any atom is 0.0529 e. The molecule has 0 fully saturated rings. The molecule has 100 valence electrons. The van der Waals surface area contributed by atoms with Crippen molar-refractivity contribution in [2.75, 3.05) is 0 Å². The second-order valence-electron chi connectivity index (χ2n) is 3.91. The number of hydrogen-bond donors (Lipinski definition) is 0. The molecule has 4 aromatic heterocycles. The Kier molecular flexibility index (Phi) is 4.82. The van der Waals surface area contributed by atoms with Crippen molar-refractivity contribution in [3.63, 3.8) is 0 Å². The van der Waals surface area contributed by atoms with Crippen LogP contribution in [0.25, 0.3) is 20.2 Å². The van der Waals surface area contributed by atoms with E-state index in [1.165, 1.54) is 20.2 Å². The van der Waals surface area contributed by atoms with Crippen LogP contribution >= 0.6 is 45.3 Å². The van der Waals surface area contributed by atoms with E-state index in [2.05, 4.69) is 46.5 Å². The molecule has 20 heavy (non-hydrogen) atoms. The fourth-order valence-corrected chi connectivity index (χ4v) is 4.83. The summed E-state index contributed by atoms with van der Waals surface area (Å²) in [6.07, 6.45) is 0. The van der Waals surface area contributed by atoms with Gasteiger partial charge in [-0.2, -0.15) is 11.3 Å². The van der Waals surface area contributed by atoms with E-state index in [-0.39, 0.29) is 0 Å². The molecular formula is C16H12S4. The molecule has 0 aromatic carbocycles. The van der Waals surface area contributed by atoms with Crippen molar-refractivity contribution in [3.8, 4) is 20.2 Å². The first-order chi connectivity index (χ1) is 9.95. The second-order valence-corrected chi connectivity index (χ2v) is 7.54. The first-order valence-electron chi connectivity index (χ1n) is 6.07. The van der Waals surface area contributed by atoms with Crippen molar-refractivity contribution in [3.05, 3.63) is 69.4 Å². The molecule has 0 saturated heterocycles. The van der Waals surface area contributed by atoms with E-state index >= 15 is 0 Å². The van der Waals surface area contributed by atoms with Crippen LogP contribution in [0.5, 0.6) is 0 Å². The van der Waals surface area contributed by atoms with E-state index in [4.69, 9.17) is 0 Å². The molecule has 4 heteroatoms. The highest BCUT2D eigenvalue weighted by atomic mass is 32.1. The maximum absolute atomic E-state index is 2.21. The Morgan fingerprint density at radius 2 is 1.25 bits per heavy atom. The minimum Gasteiger partial charge on any atom is -0.152 e. The van der Waals surface area contributed by atoms with E-state index in [1.807, 2.05) is 45.6 Å². The van der Waals surface area contributed by atoms with Crippen molar-refractivity contribution in [1.29, 1.82) is 0 Å². The van der Waals surface area contributed by atoms with Gasteiger partial charge in [-0.15, -0.1) is 34.0 Å². The number of hydrogen-bond acceptors (Lipinski definition) is 4. The summed E-state index contributed by atoms with van der Waals surface area (Å²) in [5.41, 5.74) is 1.37. The monoisotopic (exact) mass is 332 g/mol. The molecule has 0 saturated carbocycles. The first-order valence-corrected chi connectivity index (χ1v) is 9.66. The third-order valence-corrected chi connectivity index (χ3v) is 6.12. The highest BCUT2D eigenvalue weighted by Crippen LogP contribution is 2.40. The van der Waals surface area contributed by atoms with E-state index in [1.54, 1.807) is 22.7 Å². The second kappa shape index (κ2) is 6.99. The SMILES string of the molecule is c1ccsc1.c1csc(-c2ccsc2-c2cccs2)c1. The minimum atomic E-state index is 1.36. The Labute approximate surface area is 134 Å². The predicted octanol–water partition coefficient (Wildman–Crippen LogP) is 6.95. The zero-order valence-electron chi connectivity index (χ0n) is 10.6. The summed E-state index contributed by atoms with van der Waals surface area (Å²) in [7, 11) is 0. The summed E-state index contributed by atoms with van der Waals surface area (Å²) in [5.74, 6) is 0. The van der Waals surface area contributed by atoms with Gasteiger partial charge in [-0.3, -0.25) is 0 Å². The summed E-state index contributed by atoms with van der Waals surface area (Å²) in [6, 6.07) is 14.8. The number of rotatable bonds is 2. The third kappa shape index (κ3) is 3.27. The molecule has 0 aliphatic heterocycles. The zero-order valence-corrected chi connectivity index (χ0v) is 13.8. The van der Waals surface area contributed by atoms with Gasteiger partial charge < -0.3 is 0 Å². The summed E-state index contributed by atoms with van der Waals surface area (Å²) in [4.78, 5) is 4.13. The molecule has 0 unspecified atom stereocenters. The van der Waals surface area contributed by atoms with E-state index < -0.39 is 0 Å². The quantitative estimate of drug-likeness (QED) is 0.372. The fraction of sp³-hybridized carbons (Fsp3) is 0. The average Bonchev–Trinajstić information content (AvgIpc) is 3.28. The van der Waals surface area contributed by atoms with Gasteiger partial charge in [0.1, 0.15) is 0 Å². The van der Waals surface area contributed by atoms with Crippen LogP contribution in [0.2, 0.25) is 0 Å². The van der Waals surface area contributed by atoms with Gasteiger partial charge in [-0.25, -0.2) is 0 Å². The summed E-state index contributed by atoms with van der Waals surface area (Å²) in [5, 5.41) is 10.5. The lowest BCUT2D eigenvalue weighted by Crippen LogP contribution is -1.69. The van der Waals surface area contributed by atoms with Crippen LogP contribution < -0.4 is 0 Å². The van der Waals surface area contributed by atoms with Crippen LogP contribution in [0, 0.1) is 0 Å². The summed E-state index contributed by atoms with van der Waals surface area (Å²) >= 11 is 7.15. The van der Waals surface area contributed by atoms with Gasteiger partial charge in [0.25, 0.3) is 0 Å². The predicted molar refractivity (Wildman–Crippen MR) is 95.3 cm³/mol. The Morgan fingerprint density at radius 1 is 0.550 bits per heavy atom. The molecule has 4 rings (SSSR count). The maximum atomic E-state index is 2.21.